The maximum atomic E-state index is 6.37. The van der Waals surface area contributed by atoms with Crippen molar-refractivity contribution in [2.45, 2.75) is 19.3 Å². The summed E-state index contributed by atoms with van der Waals surface area (Å²) in [5, 5.41) is 0. The van der Waals surface area contributed by atoms with Crippen molar-refractivity contribution in [3.05, 3.63) is 169 Å². The Labute approximate surface area is 244 Å². The smallest absolute Gasteiger partial charge is 0.0355 e. The lowest BCUT2D eigenvalue weighted by Gasteiger charge is -2.28. The molecule has 0 aliphatic rings. The van der Waals surface area contributed by atoms with E-state index in [9.17, 15) is 0 Å². The quantitative estimate of drug-likeness (QED) is 0.154. The monoisotopic (exact) mass is 532 g/mol. The third-order valence-corrected chi connectivity index (χ3v) is 7.70. The van der Waals surface area contributed by atoms with Crippen LogP contribution < -0.4 is 11.5 Å². The second-order valence-electron chi connectivity index (χ2n) is 10.8. The van der Waals surface area contributed by atoms with Crippen LogP contribution in [0.1, 0.15) is 30.5 Å². The molecule has 5 aromatic carbocycles. The third-order valence-electron chi connectivity index (χ3n) is 7.70. The van der Waals surface area contributed by atoms with Gasteiger partial charge in [0.15, 0.2) is 0 Å². The maximum absolute atomic E-state index is 6.37. The Morgan fingerprint density at radius 2 is 1.12 bits per heavy atom. The van der Waals surface area contributed by atoms with Gasteiger partial charge < -0.3 is 11.5 Å². The number of anilines is 1. The maximum Gasteiger partial charge on any atom is 0.0355 e. The van der Waals surface area contributed by atoms with Gasteiger partial charge in [-0.15, -0.1) is 0 Å². The lowest BCUT2D eigenvalue weighted by molar-refractivity contribution is 0.643. The highest BCUT2D eigenvalue weighted by molar-refractivity contribution is 5.80. The molecule has 0 saturated heterocycles. The van der Waals surface area contributed by atoms with E-state index in [0.29, 0.717) is 0 Å². The van der Waals surface area contributed by atoms with Crippen molar-refractivity contribution in [1.82, 2.24) is 0 Å². The molecule has 0 aliphatic heterocycles. The molecule has 0 spiro atoms. The van der Waals surface area contributed by atoms with Crippen LogP contribution in [-0.4, -0.2) is 0 Å². The predicted octanol–water partition coefficient (Wildman–Crippen LogP) is 9.64. The highest BCUT2D eigenvalue weighted by atomic mass is 14.6. The topological polar surface area (TPSA) is 52.0 Å². The van der Waals surface area contributed by atoms with Crippen molar-refractivity contribution in [2.75, 3.05) is 5.73 Å². The van der Waals surface area contributed by atoms with E-state index in [0.717, 1.165) is 33.5 Å². The van der Waals surface area contributed by atoms with Crippen LogP contribution in [0.4, 0.5) is 5.69 Å². The van der Waals surface area contributed by atoms with E-state index in [1.54, 1.807) is 6.08 Å². The normalized spacial score (nSPS) is 11.8. The molecule has 5 rings (SSSR count). The minimum Gasteiger partial charge on any atom is -0.405 e. The first-order valence-corrected chi connectivity index (χ1v) is 13.9. The molecule has 202 valence electrons. The van der Waals surface area contributed by atoms with E-state index in [1.165, 1.54) is 34.0 Å². The van der Waals surface area contributed by atoms with Crippen molar-refractivity contribution in [3.8, 4) is 33.4 Å². The van der Waals surface area contributed by atoms with Crippen molar-refractivity contribution in [1.29, 1.82) is 0 Å². The van der Waals surface area contributed by atoms with Crippen LogP contribution in [0.5, 0.6) is 0 Å². The van der Waals surface area contributed by atoms with Crippen LogP contribution >= 0.6 is 0 Å². The Morgan fingerprint density at radius 1 is 0.610 bits per heavy atom. The third kappa shape index (κ3) is 6.08. The largest absolute Gasteiger partial charge is 0.405 e. The summed E-state index contributed by atoms with van der Waals surface area (Å²) in [5.74, 6) is 0. The van der Waals surface area contributed by atoms with Crippen molar-refractivity contribution < 1.29 is 0 Å². The standard InChI is InChI=1S/C39H36N2/c1-28(12-6-7-23-40)29-13-8-14-30(24-29)31-15-9-16-32(25-31)33-17-10-18-34(26-33)35-19-11-20-36(27-35)39(2,3)37-21-4-5-22-38(37)41/h4-27H,1,40-41H2,2-3H3/b12-6-,23-7-. The van der Waals surface area contributed by atoms with Gasteiger partial charge in [-0.25, -0.2) is 0 Å². The summed E-state index contributed by atoms with van der Waals surface area (Å²) in [4.78, 5) is 0. The molecule has 41 heavy (non-hydrogen) atoms. The molecule has 0 radical (unpaired) electrons. The van der Waals surface area contributed by atoms with Crippen LogP contribution in [0.25, 0.3) is 39.0 Å². The van der Waals surface area contributed by atoms with Gasteiger partial charge in [0.05, 0.1) is 0 Å². The first-order valence-electron chi connectivity index (χ1n) is 13.9. The Kier molecular flexibility index (Phi) is 8.03. The van der Waals surface area contributed by atoms with Crippen molar-refractivity contribution >= 4 is 11.3 Å². The van der Waals surface area contributed by atoms with Crippen LogP contribution in [0.3, 0.4) is 0 Å². The van der Waals surface area contributed by atoms with Gasteiger partial charge in [-0.1, -0.05) is 130 Å². The SMILES string of the molecule is C=C(/C=C\C=C/N)c1cccc(-c2cccc(-c3cccc(-c4cccc(C(C)(C)c5ccccc5N)c4)c3)c2)c1. The molecular formula is C39H36N2. The number of rotatable bonds is 8. The fourth-order valence-corrected chi connectivity index (χ4v) is 5.30. The van der Waals surface area contributed by atoms with Gasteiger partial charge >= 0.3 is 0 Å². The van der Waals surface area contributed by atoms with E-state index >= 15 is 0 Å². The number of allylic oxidation sites excluding steroid dienone is 4. The summed E-state index contributed by atoms with van der Waals surface area (Å²) in [6.07, 6.45) is 7.17. The summed E-state index contributed by atoms with van der Waals surface area (Å²) < 4.78 is 0. The van der Waals surface area contributed by atoms with E-state index in [4.69, 9.17) is 11.5 Å². The summed E-state index contributed by atoms with van der Waals surface area (Å²) in [6, 6.07) is 42.9. The number of nitrogens with two attached hydrogens (primary N) is 2. The molecule has 2 heteroatoms. The zero-order valence-corrected chi connectivity index (χ0v) is 23.7. The zero-order chi connectivity index (χ0) is 28.8. The molecule has 0 unspecified atom stereocenters. The zero-order valence-electron chi connectivity index (χ0n) is 23.7. The fraction of sp³-hybridized carbons (Fsp3) is 0.0769. The number of benzene rings is 5. The van der Waals surface area contributed by atoms with Crippen LogP contribution in [0.2, 0.25) is 0 Å². The molecule has 0 bridgehead atoms. The lowest BCUT2D eigenvalue weighted by Crippen LogP contribution is -2.20. The first-order chi connectivity index (χ1) is 19.9. The molecule has 2 nitrogen and oxygen atoms in total. The second kappa shape index (κ2) is 12.0. The van der Waals surface area contributed by atoms with Crippen LogP contribution in [0, 0.1) is 0 Å². The van der Waals surface area contributed by atoms with Gasteiger partial charge in [0.25, 0.3) is 0 Å². The highest BCUT2D eigenvalue weighted by Crippen LogP contribution is 2.37. The molecule has 0 amide bonds. The van der Waals surface area contributed by atoms with E-state index in [2.05, 4.69) is 130 Å². The summed E-state index contributed by atoms with van der Waals surface area (Å²) in [7, 11) is 0. The first kappa shape index (κ1) is 27.5. The number of hydrogen-bond acceptors (Lipinski definition) is 2. The molecule has 0 aliphatic carbocycles. The molecular weight excluding hydrogens is 496 g/mol. The fourth-order valence-electron chi connectivity index (χ4n) is 5.30. The molecule has 0 atom stereocenters. The number of nitrogen functional groups attached to an aromatic ring is 1. The lowest BCUT2D eigenvalue weighted by atomic mass is 9.76. The Balaban J connectivity index is 1.45. The van der Waals surface area contributed by atoms with Crippen molar-refractivity contribution in [2.24, 2.45) is 5.73 Å². The molecule has 5 aromatic rings. The molecule has 0 aromatic heterocycles. The van der Waals surface area contributed by atoms with Crippen molar-refractivity contribution in [3.63, 3.8) is 0 Å². The van der Waals surface area contributed by atoms with Gasteiger partial charge in [0, 0.05) is 11.1 Å². The summed E-state index contributed by atoms with van der Waals surface area (Å²) >= 11 is 0. The second-order valence-corrected chi connectivity index (χ2v) is 10.8. The van der Waals surface area contributed by atoms with Gasteiger partial charge in [-0.05, 0) is 92.2 Å². The van der Waals surface area contributed by atoms with Crippen LogP contribution in [0.15, 0.2) is 152 Å². The number of para-hydroxylation sites is 1. The van der Waals surface area contributed by atoms with Gasteiger partial charge in [-0.3, -0.25) is 0 Å². The molecule has 4 N–H and O–H groups in total. The van der Waals surface area contributed by atoms with Gasteiger partial charge in [0.1, 0.15) is 0 Å². The number of hydrogen-bond donors (Lipinski definition) is 2. The van der Waals surface area contributed by atoms with Crippen LogP contribution in [-0.2, 0) is 5.41 Å². The molecule has 0 heterocycles. The minimum absolute atomic E-state index is 0.218. The predicted molar refractivity (Wildman–Crippen MR) is 177 cm³/mol. The highest BCUT2D eigenvalue weighted by Gasteiger charge is 2.25. The van der Waals surface area contributed by atoms with Gasteiger partial charge in [-0.2, -0.15) is 0 Å². The summed E-state index contributed by atoms with van der Waals surface area (Å²) in [5.41, 5.74) is 23.8. The Morgan fingerprint density at radius 3 is 1.71 bits per heavy atom. The van der Waals surface area contributed by atoms with Gasteiger partial charge in [0.2, 0.25) is 0 Å². The Bertz CT molecular complexity index is 1750. The minimum atomic E-state index is -0.218. The van der Waals surface area contributed by atoms with E-state index in [-0.39, 0.29) is 5.41 Å². The average molecular weight is 533 g/mol. The van der Waals surface area contributed by atoms with E-state index < -0.39 is 0 Å². The Hall–Kier alpha value is -5.08. The summed E-state index contributed by atoms with van der Waals surface area (Å²) in [6.45, 7) is 8.68. The molecule has 0 fully saturated rings. The average Bonchev–Trinajstić information content (AvgIpc) is 3.01. The van der Waals surface area contributed by atoms with E-state index in [1.807, 2.05) is 24.3 Å². The molecule has 0 saturated carbocycles.